The molecule has 144 valence electrons. The first-order valence-electron chi connectivity index (χ1n) is 8.95. The molecule has 3 aromatic rings. The van der Waals surface area contributed by atoms with Crippen molar-refractivity contribution >= 4 is 17.4 Å². The molecule has 2 N–H and O–H groups in total. The molecule has 7 heteroatoms. The van der Waals surface area contributed by atoms with Gasteiger partial charge in [0.05, 0.1) is 12.4 Å². The van der Waals surface area contributed by atoms with Crippen LogP contribution >= 0.6 is 0 Å². The second kappa shape index (κ2) is 9.48. The maximum absolute atomic E-state index is 12.0. The summed E-state index contributed by atoms with van der Waals surface area (Å²) in [5, 5.41) is 5.96. The monoisotopic (exact) mass is 377 g/mol. The minimum Gasteiger partial charge on any atom is -0.457 e. The number of nitrogens with zero attached hydrogens (tertiary/aromatic N) is 3. The fourth-order valence-electron chi connectivity index (χ4n) is 2.37. The molecule has 0 saturated heterocycles. The normalized spacial score (nSPS) is 10.5. The van der Waals surface area contributed by atoms with Gasteiger partial charge in [-0.05, 0) is 50.5 Å². The van der Waals surface area contributed by atoms with E-state index in [-0.39, 0.29) is 11.6 Å². The summed E-state index contributed by atoms with van der Waals surface area (Å²) in [6, 6.07) is 17.1. The van der Waals surface area contributed by atoms with Crippen LogP contribution in [0.2, 0.25) is 0 Å². The molecule has 28 heavy (non-hydrogen) atoms. The molecule has 1 aromatic heterocycles. The van der Waals surface area contributed by atoms with E-state index in [2.05, 4.69) is 20.6 Å². The number of hydrogen-bond acceptors (Lipinski definition) is 6. The number of para-hydroxylation sites is 1. The van der Waals surface area contributed by atoms with E-state index in [9.17, 15) is 4.79 Å². The molecular weight excluding hydrogens is 354 g/mol. The number of carbonyl (C=O) groups is 1. The third kappa shape index (κ3) is 5.78. The van der Waals surface area contributed by atoms with Crippen molar-refractivity contribution in [3.8, 4) is 11.5 Å². The van der Waals surface area contributed by atoms with Crippen LogP contribution in [0.3, 0.4) is 0 Å². The molecule has 0 bridgehead atoms. The summed E-state index contributed by atoms with van der Waals surface area (Å²) in [6.45, 7) is 1.33. The Labute approximate surface area is 164 Å². The molecule has 0 radical (unpaired) electrons. The number of benzene rings is 2. The van der Waals surface area contributed by atoms with Crippen LogP contribution in [0.25, 0.3) is 0 Å². The molecule has 1 heterocycles. The van der Waals surface area contributed by atoms with Crippen LogP contribution in [0.1, 0.15) is 10.5 Å². The van der Waals surface area contributed by atoms with Gasteiger partial charge in [0.25, 0.3) is 5.91 Å². The third-order valence-corrected chi connectivity index (χ3v) is 3.83. The van der Waals surface area contributed by atoms with Gasteiger partial charge in [-0.15, -0.1) is 0 Å². The average Bonchev–Trinajstić information content (AvgIpc) is 2.70. The standard InChI is InChI=1S/C21H23N5O2/c1-26(2)13-12-22-21(27)19-14-24-20(15-23-19)25-16-8-10-18(11-9-16)28-17-6-4-3-5-7-17/h3-11,14-15H,12-13H2,1-2H3,(H,22,27)(H,24,25). The second-order valence-corrected chi connectivity index (χ2v) is 6.41. The zero-order valence-corrected chi connectivity index (χ0v) is 15.9. The topological polar surface area (TPSA) is 79.4 Å². The molecular formula is C21H23N5O2. The highest BCUT2D eigenvalue weighted by molar-refractivity contribution is 5.92. The number of rotatable bonds is 8. The van der Waals surface area contributed by atoms with Crippen molar-refractivity contribution in [3.63, 3.8) is 0 Å². The predicted molar refractivity (Wildman–Crippen MR) is 109 cm³/mol. The molecule has 2 aromatic carbocycles. The zero-order valence-electron chi connectivity index (χ0n) is 15.9. The highest BCUT2D eigenvalue weighted by atomic mass is 16.5. The Kier molecular flexibility index (Phi) is 6.54. The molecule has 0 aliphatic rings. The van der Waals surface area contributed by atoms with Crippen molar-refractivity contribution in [1.29, 1.82) is 0 Å². The lowest BCUT2D eigenvalue weighted by Gasteiger charge is -2.10. The summed E-state index contributed by atoms with van der Waals surface area (Å²) in [4.78, 5) is 22.4. The van der Waals surface area contributed by atoms with Crippen molar-refractivity contribution in [2.75, 3.05) is 32.5 Å². The van der Waals surface area contributed by atoms with Gasteiger partial charge in [-0.2, -0.15) is 0 Å². The van der Waals surface area contributed by atoms with Crippen LogP contribution < -0.4 is 15.4 Å². The van der Waals surface area contributed by atoms with E-state index in [4.69, 9.17) is 4.74 Å². The van der Waals surface area contributed by atoms with Crippen molar-refractivity contribution in [2.45, 2.75) is 0 Å². The van der Waals surface area contributed by atoms with Gasteiger partial charge < -0.3 is 20.3 Å². The number of ether oxygens (including phenoxy) is 1. The lowest BCUT2D eigenvalue weighted by atomic mass is 10.3. The number of amides is 1. The molecule has 3 rings (SSSR count). The smallest absolute Gasteiger partial charge is 0.271 e. The number of carbonyl (C=O) groups excluding carboxylic acids is 1. The second-order valence-electron chi connectivity index (χ2n) is 6.41. The van der Waals surface area contributed by atoms with Crippen LogP contribution in [0.15, 0.2) is 67.0 Å². The third-order valence-electron chi connectivity index (χ3n) is 3.83. The molecule has 0 fully saturated rings. The molecule has 0 saturated carbocycles. The van der Waals surface area contributed by atoms with Crippen molar-refractivity contribution in [2.24, 2.45) is 0 Å². The number of likely N-dealkylation sites (N-methyl/N-ethyl adjacent to an activating group) is 1. The molecule has 0 spiro atoms. The van der Waals surface area contributed by atoms with E-state index in [1.807, 2.05) is 73.6 Å². The summed E-state index contributed by atoms with van der Waals surface area (Å²) in [5.74, 6) is 1.85. The van der Waals surface area contributed by atoms with E-state index < -0.39 is 0 Å². The SMILES string of the molecule is CN(C)CCNC(=O)c1cnc(Nc2ccc(Oc3ccccc3)cc2)cn1. The molecule has 0 unspecified atom stereocenters. The lowest BCUT2D eigenvalue weighted by molar-refractivity contribution is 0.0945. The van der Waals surface area contributed by atoms with Crippen LogP contribution in [0.4, 0.5) is 11.5 Å². The Morgan fingerprint density at radius 1 is 0.964 bits per heavy atom. The molecule has 7 nitrogen and oxygen atoms in total. The highest BCUT2D eigenvalue weighted by Crippen LogP contribution is 2.23. The van der Waals surface area contributed by atoms with E-state index in [0.717, 1.165) is 23.7 Å². The minimum absolute atomic E-state index is 0.233. The van der Waals surface area contributed by atoms with Gasteiger partial charge in [0.1, 0.15) is 23.0 Å². The van der Waals surface area contributed by atoms with Gasteiger partial charge in [-0.3, -0.25) is 4.79 Å². The number of aromatic nitrogens is 2. The Morgan fingerprint density at radius 2 is 1.68 bits per heavy atom. The molecule has 0 aliphatic heterocycles. The molecule has 0 atom stereocenters. The predicted octanol–water partition coefficient (Wildman–Crippen LogP) is 3.30. The fraction of sp³-hybridized carbons (Fsp3) is 0.190. The maximum Gasteiger partial charge on any atom is 0.271 e. The fourth-order valence-corrected chi connectivity index (χ4v) is 2.37. The quantitative estimate of drug-likeness (QED) is 0.627. The molecule has 0 aliphatic carbocycles. The van der Waals surface area contributed by atoms with Crippen molar-refractivity contribution < 1.29 is 9.53 Å². The Bertz CT molecular complexity index is 881. The highest BCUT2D eigenvalue weighted by Gasteiger charge is 2.08. The van der Waals surface area contributed by atoms with E-state index >= 15 is 0 Å². The summed E-state index contributed by atoms with van der Waals surface area (Å²) in [5.41, 5.74) is 1.13. The average molecular weight is 377 g/mol. The van der Waals surface area contributed by atoms with E-state index in [1.54, 1.807) is 0 Å². The number of hydrogen-bond donors (Lipinski definition) is 2. The first-order valence-corrected chi connectivity index (χ1v) is 8.95. The minimum atomic E-state index is -0.233. The Morgan fingerprint density at radius 3 is 2.32 bits per heavy atom. The van der Waals surface area contributed by atoms with Crippen LogP contribution in [0, 0.1) is 0 Å². The summed E-state index contributed by atoms with van der Waals surface area (Å²) < 4.78 is 5.77. The largest absolute Gasteiger partial charge is 0.457 e. The van der Waals surface area contributed by atoms with Gasteiger partial charge in [0.15, 0.2) is 0 Å². The van der Waals surface area contributed by atoms with E-state index in [1.165, 1.54) is 12.4 Å². The van der Waals surface area contributed by atoms with Gasteiger partial charge in [-0.1, -0.05) is 18.2 Å². The first kappa shape index (κ1) is 19.3. The number of nitrogens with one attached hydrogen (secondary N) is 2. The van der Waals surface area contributed by atoms with Gasteiger partial charge >= 0.3 is 0 Å². The maximum atomic E-state index is 12.0. The van der Waals surface area contributed by atoms with Crippen molar-refractivity contribution in [3.05, 3.63) is 72.7 Å². The van der Waals surface area contributed by atoms with Gasteiger partial charge in [-0.25, -0.2) is 9.97 Å². The lowest BCUT2D eigenvalue weighted by Crippen LogP contribution is -2.31. The summed E-state index contributed by atoms with van der Waals surface area (Å²) in [6.07, 6.45) is 3.00. The van der Waals surface area contributed by atoms with Gasteiger partial charge in [0.2, 0.25) is 0 Å². The van der Waals surface area contributed by atoms with Crippen LogP contribution in [-0.4, -0.2) is 48.0 Å². The molecule has 1 amide bonds. The first-order chi connectivity index (χ1) is 13.6. The Balaban J connectivity index is 1.54. The van der Waals surface area contributed by atoms with E-state index in [0.29, 0.717) is 12.4 Å². The zero-order chi connectivity index (χ0) is 19.8. The Hall–Kier alpha value is -3.45. The van der Waals surface area contributed by atoms with Crippen molar-refractivity contribution in [1.82, 2.24) is 20.2 Å². The van der Waals surface area contributed by atoms with Gasteiger partial charge in [0, 0.05) is 18.8 Å². The van der Waals surface area contributed by atoms with Crippen LogP contribution in [0.5, 0.6) is 11.5 Å². The number of anilines is 2. The summed E-state index contributed by atoms with van der Waals surface area (Å²) in [7, 11) is 3.90. The summed E-state index contributed by atoms with van der Waals surface area (Å²) >= 11 is 0. The van der Waals surface area contributed by atoms with Crippen LogP contribution in [-0.2, 0) is 0 Å².